The number of likely N-dealkylation sites (tertiary alicyclic amines) is 1. The quantitative estimate of drug-likeness (QED) is 0.637. The van der Waals surface area contributed by atoms with Gasteiger partial charge in [-0.3, -0.25) is 0 Å². The molecule has 0 amide bonds. The Balaban J connectivity index is 2.02. The average Bonchev–Trinajstić information content (AvgIpc) is 2.65. The third kappa shape index (κ3) is 3.80. The molecule has 1 saturated heterocycles. The van der Waals surface area contributed by atoms with Crippen LogP contribution in [-0.2, 0) is 0 Å². The van der Waals surface area contributed by atoms with Crippen molar-refractivity contribution in [1.29, 1.82) is 0 Å². The van der Waals surface area contributed by atoms with Crippen LogP contribution in [0.4, 0.5) is 0 Å². The van der Waals surface area contributed by atoms with Crippen LogP contribution in [0.1, 0.15) is 26.2 Å². The zero-order chi connectivity index (χ0) is 9.52. The summed E-state index contributed by atoms with van der Waals surface area (Å²) >= 11 is 0. The second kappa shape index (κ2) is 6.01. The molecule has 0 aliphatic carbocycles. The van der Waals surface area contributed by atoms with Crippen LogP contribution in [0.25, 0.3) is 0 Å². The van der Waals surface area contributed by atoms with E-state index >= 15 is 0 Å². The lowest BCUT2D eigenvalue weighted by Crippen LogP contribution is -2.35. The van der Waals surface area contributed by atoms with Gasteiger partial charge in [0.05, 0.1) is 6.04 Å². The first kappa shape index (κ1) is 10.6. The monoisotopic (exact) mass is 180 g/mol. The standard InChI is InChI=1S/C11H20N2/c1-3-11(4-2)12-7-10-13-8-5-6-9-13/h1,11-12H,4-10H2,2H3. The van der Waals surface area contributed by atoms with Crippen molar-refractivity contribution in [3.8, 4) is 12.3 Å². The Morgan fingerprint density at radius 1 is 1.46 bits per heavy atom. The Labute approximate surface area is 81.7 Å². The number of rotatable bonds is 5. The highest BCUT2D eigenvalue weighted by Crippen LogP contribution is 2.05. The van der Waals surface area contributed by atoms with Crippen LogP contribution in [-0.4, -0.2) is 37.1 Å². The summed E-state index contributed by atoms with van der Waals surface area (Å²) in [6.45, 7) is 6.84. The van der Waals surface area contributed by atoms with Gasteiger partial charge in [0.2, 0.25) is 0 Å². The van der Waals surface area contributed by atoms with Gasteiger partial charge in [-0.25, -0.2) is 0 Å². The Morgan fingerprint density at radius 3 is 2.69 bits per heavy atom. The van der Waals surface area contributed by atoms with Crippen LogP contribution in [0.15, 0.2) is 0 Å². The molecular formula is C11H20N2. The Morgan fingerprint density at radius 2 is 2.15 bits per heavy atom. The van der Waals surface area contributed by atoms with E-state index in [1.165, 1.54) is 25.9 Å². The van der Waals surface area contributed by atoms with E-state index in [0.717, 1.165) is 19.5 Å². The van der Waals surface area contributed by atoms with E-state index in [0.29, 0.717) is 0 Å². The number of hydrogen-bond acceptors (Lipinski definition) is 2. The van der Waals surface area contributed by atoms with E-state index in [9.17, 15) is 0 Å². The minimum Gasteiger partial charge on any atom is -0.302 e. The molecule has 0 radical (unpaired) electrons. The fourth-order valence-electron chi connectivity index (χ4n) is 1.72. The fourth-order valence-corrected chi connectivity index (χ4v) is 1.72. The number of hydrogen-bond donors (Lipinski definition) is 1. The van der Waals surface area contributed by atoms with Gasteiger partial charge < -0.3 is 10.2 Å². The molecule has 0 spiro atoms. The zero-order valence-electron chi connectivity index (χ0n) is 8.55. The molecule has 13 heavy (non-hydrogen) atoms. The first-order valence-corrected chi connectivity index (χ1v) is 5.28. The first-order valence-electron chi connectivity index (χ1n) is 5.28. The van der Waals surface area contributed by atoms with Crippen LogP contribution in [0.3, 0.4) is 0 Å². The van der Waals surface area contributed by atoms with E-state index in [1.54, 1.807) is 0 Å². The van der Waals surface area contributed by atoms with Crippen molar-refractivity contribution in [3.63, 3.8) is 0 Å². The maximum absolute atomic E-state index is 5.35. The molecule has 2 heteroatoms. The third-order valence-electron chi connectivity index (χ3n) is 2.63. The average molecular weight is 180 g/mol. The van der Waals surface area contributed by atoms with E-state index in [1.807, 2.05) is 0 Å². The Bertz CT molecular complexity index is 165. The summed E-state index contributed by atoms with van der Waals surface area (Å²) in [5.74, 6) is 2.75. The molecule has 74 valence electrons. The fraction of sp³-hybridized carbons (Fsp3) is 0.818. The van der Waals surface area contributed by atoms with Crippen molar-refractivity contribution in [1.82, 2.24) is 10.2 Å². The molecule has 1 fully saturated rings. The maximum atomic E-state index is 5.35. The lowest BCUT2D eigenvalue weighted by Gasteiger charge is -2.16. The molecule has 1 N–H and O–H groups in total. The number of terminal acetylenes is 1. The van der Waals surface area contributed by atoms with Gasteiger partial charge in [0, 0.05) is 13.1 Å². The van der Waals surface area contributed by atoms with Crippen molar-refractivity contribution < 1.29 is 0 Å². The first-order chi connectivity index (χ1) is 6.36. The lowest BCUT2D eigenvalue weighted by molar-refractivity contribution is 0.332. The predicted molar refractivity (Wildman–Crippen MR) is 56.6 cm³/mol. The van der Waals surface area contributed by atoms with Crippen LogP contribution >= 0.6 is 0 Å². The van der Waals surface area contributed by atoms with Crippen molar-refractivity contribution in [2.75, 3.05) is 26.2 Å². The van der Waals surface area contributed by atoms with Gasteiger partial charge in [-0.2, -0.15) is 0 Å². The SMILES string of the molecule is C#CC(CC)NCCN1CCCC1. The molecule has 0 aromatic heterocycles. The molecule has 0 saturated carbocycles. The van der Waals surface area contributed by atoms with Crippen molar-refractivity contribution in [2.45, 2.75) is 32.2 Å². The molecule has 0 aromatic carbocycles. The molecule has 1 unspecified atom stereocenters. The summed E-state index contributed by atoms with van der Waals surface area (Å²) < 4.78 is 0. The molecule has 1 rings (SSSR count). The van der Waals surface area contributed by atoms with Gasteiger partial charge in [-0.05, 0) is 32.4 Å². The lowest BCUT2D eigenvalue weighted by atomic mass is 10.2. The van der Waals surface area contributed by atoms with E-state index in [-0.39, 0.29) is 6.04 Å². The molecule has 0 bridgehead atoms. The summed E-state index contributed by atoms with van der Waals surface area (Å²) in [4.78, 5) is 2.50. The van der Waals surface area contributed by atoms with Gasteiger partial charge in [-0.15, -0.1) is 6.42 Å². The van der Waals surface area contributed by atoms with E-state index < -0.39 is 0 Å². The topological polar surface area (TPSA) is 15.3 Å². The zero-order valence-corrected chi connectivity index (χ0v) is 8.55. The minimum absolute atomic E-state index is 0.266. The summed E-state index contributed by atoms with van der Waals surface area (Å²) in [7, 11) is 0. The van der Waals surface area contributed by atoms with Crippen LogP contribution in [0.2, 0.25) is 0 Å². The molecule has 1 atom stereocenters. The minimum atomic E-state index is 0.266. The van der Waals surface area contributed by atoms with Gasteiger partial charge in [0.15, 0.2) is 0 Å². The van der Waals surface area contributed by atoms with E-state index in [4.69, 9.17) is 6.42 Å². The Hall–Kier alpha value is -0.520. The molecule has 1 aliphatic rings. The molecule has 0 aromatic rings. The molecular weight excluding hydrogens is 160 g/mol. The maximum Gasteiger partial charge on any atom is 0.0684 e. The normalized spacial score (nSPS) is 20.0. The molecule has 1 heterocycles. The van der Waals surface area contributed by atoms with Crippen molar-refractivity contribution in [3.05, 3.63) is 0 Å². The smallest absolute Gasteiger partial charge is 0.0684 e. The largest absolute Gasteiger partial charge is 0.302 e. The molecule has 2 nitrogen and oxygen atoms in total. The van der Waals surface area contributed by atoms with Crippen molar-refractivity contribution in [2.24, 2.45) is 0 Å². The summed E-state index contributed by atoms with van der Waals surface area (Å²) in [6.07, 6.45) is 9.11. The summed E-state index contributed by atoms with van der Waals surface area (Å²) in [6, 6.07) is 0.266. The number of nitrogens with zero attached hydrogens (tertiary/aromatic N) is 1. The third-order valence-corrected chi connectivity index (χ3v) is 2.63. The van der Waals surface area contributed by atoms with E-state index in [2.05, 4.69) is 23.1 Å². The highest BCUT2D eigenvalue weighted by Gasteiger charge is 2.10. The number of nitrogens with one attached hydrogen (secondary N) is 1. The Kier molecular flexibility index (Phi) is 4.88. The van der Waals surface area contributed by atoms with Gasteiger partial charge in [0.25, 0.3) is 0 Å². The van der Waals surface area contributed by atoms with Crippen LogP contribution < -0.4 is 5.32 Å². The van der Waals surface area contributed by atoms with Gasteiger partial charge >= 0.3 is 0 Å². The van der Waals surface area contributed by atoms with Crippen molar-refractivity contribution >= 4 is 0 Å². The highest BCUT2D eigenvalue weighted by molar-refractivity contribution is 4.97. The van der Waals surface area contributed by atoms with Gasteiger partial charge in [-0.1, -0.05) is 12.8 Å². The predicted octanol–water partition coefficient (Wildman–Crippen LogP) is 1.08. The van der Waals surface area contributed by atoms with Gasteiger partial charge in [0.1, 0.15) is 0 Å². The second-order valence-electron chi connectivity index (χ2n) is 3.63. The summed E-state index contributed by atoms with van der Waals surface area (Å²) in [5, 5.41) is 3.37. The second-order valence-corrected chi connectivity index (χ2v) is 3.63. The summed E-state index contributed by atoms with van der Waals surface area (Å²) in [5.41, 5.74) is 0. The molecule has 1 aliphatic heterocycles. The van der Waals surface area contributed by atoms with Crippen LogP contribution in [0.5, 0.6) is 0 Å². The van der Waals surface area contributed by atoms with Crippen LogP contribution in [0, 0.1) is 12.3 Å². The highest BCUT2D eigenvalue weighted by atomic mass is 15.1.